The van der Waals surface area contributed by atoms with Crippen molar-refractivity contribution >= 4 is 28.9 Å². The topological polar surface area (TPSA) is 54.9 Å². The molecule has 5 nitrogen and oxygen atoms in total. The summed E-state index contributed by atoms with van der Waals surface area (Å²) in [5, 5.41) is 9.27. The van der Waals surface area contributed by atoms with Crippen LogP contribution in [0.5, 0.6) is 11.5 Å². The highest BCUT2D eigenvalue weighted by Gasteiger charge is 2.16. The second-order valence-electron chi connectivity index (χ2n) is 5.28. The zero-order valence-corrected chi connectivity index (χ0v) is 15.0. The van der Waals surface area contributed by atoms with Gasteiger partial charge in [-0.1, -0.05) is 17.7 Å². The van der Waals surface area contributed by atoms with Crippen molar-refractivity contribution in [2.24, 2.45) is 4.99 Å². The highest BCUT2D eigenvalue weighted by atomic mass is 35.5. The molecule has 1 aromatic carbocycles. The largest absolute Gasteiger partial charge is 0.486 e. The van der Waals surface area contributed by atoms with Crippen molar-refractivity contribution in [3.05, 3.63) is 45.1 Å². The number of nitrogens with one attached hydrogen (secondary N) is 2. The Morgan fingerprint density at radius 2 is 2.17 bits per heavy atom. The Bertz CT molecular complexity index is 704. The fourth-order valence-electron chi connectivity index (χ4n) is 2.44. The van der Waals surface area contributed by atoms with E-state index in [-0.39, 0.29) is 0 Å². The van der Waals surface area contributed by atoms with Gasteiger partial charge in [0, 0.05) is 18.5 Å². The van der Waals surface area contributed by atoms with Crippen molar-refractivity contribution in [2.75, 3.05) is 26.8 Å². The fourth-order valence-corrected chi connectivity index (χ4v) is 3.37. The molecule has 0 amide bonds. The summed E-state index contributed by atoms with van der Waals surface area (Å²) >= 11 is 7.99. The molecule has 7 heteroatoms. The van der Waals surface area contributed by atoms with E-state index >= 15 is 0 Å². The number of hydrogen-bond acceptors (Lipinski definition) is 4. The normalized spacial score (nSPS) is 13.7. The zero-order valence-electron chi connectivity index (χ0n) is 13.5. The number of ether oxygens (including phenoxy) is 2. The second-order valence-corrected chi connectivity index (χ2v) is 6.72. The van der Waals surface area contributed by atoms with Gasteiger partial charge in [-0.15, -0.1) is 11.3 Å². The first-order chi connectivity index (χ1) is 11.8. The number of benzene rings is 1. The first-order valence-electron chi connectivity index (χ1n) is 7.81. The summed E-state index contributed by atoms with van der Waals surface area (Å²) in [6.07, 6.45) is 0.816. The predicted octanol–water partition coefficient (Wildman–Crippen LogP) is 3.08. The number of fused-ring (bicyclic) bond motifs is 1. The van der Waals surface area contributed by atoms with E-state index < -0.39 is 0 Å². The molecule has 0 atom stereocenters. The van der Waals surface area contributed by atoms with E-state index in [1.54, 1.807) is 18.4 Å². The average molecular weight is 366 g/mol. The minimum Gasteiger partial charge on any atom is -0.486 e. The van der Waals surface area contributed by atoms with Gasteiger partial charge in [-0.05, 0) is 35.6 Å². The van der Waals surface area contributed by atoms with Crippen LogP contribution < -0.4 is 20.1 Å². The SMILES string of the molecule is CN=C(NCCc1cc(Cl)c2c(c1)OCCO2)NCc1cccs1. The van der Waals surface area contributed by atoms with Gasteiger partial charge >= 0.3 is 0 Å². The molecule has 3 rings (SSSR count). The molecule has 0 fully saturated rings. The van der Waals surface area contributed by atoms with E-state index in [0.717, 1.165) is 36.8 Å². The van der Waals surface area contributed by atoms with Crippen LogP contribution in [0.2, 0.25) is 5.02 Å². The molecule has 0 saturated carbocycles. The molecule has 0 aliphatic carbocycles. The van der Waals surface area contributed by atoms with Gasteiger partial charge < -0.3 is 20.1 Å². The quantitative estimate of drug-likeness (QED) is 0.631. The van der Waals surface area contributed by atoms with E-state index in [9.17, 15) is 0 Å². The molecule has 2 heterocycles. The molecule has 2 aromatic rings. The summed E-state index contributed by atoms with van der Waals surface area (Å²) < 4.78 is 11.1. The summed E-state index contributed by atoms with van der Waals surface area (Å²) in [4.78, 5) is 5.51. The van der Waals surface area contributed by atoms with Gasteiger partial charge in [-0.25, -0.2) is 0 Å². The first kappa shape index (κ1) is 16.9. The summed E-state index contributed by atoms with van der Waals surface area (Å²) in [5.41, 5.74) is 1.10. The molecule has 0 unspecified atom stereocenters. The maximum absolute atomic E-state index is 6.26. The van der Waals surface area contributed by atoms with E-state index in [2.05, 4.69) is 27.1 Å². The zero-order chi connectivity index (χ0) is 16.8. The van der Waals surface area contributed by atoms with Crippen molar-refractivity contribution in [3.8, 4) is 11.5 Å². The van der Waals surface area contributed by atoms with Gasteiger partial charge in [0.1, 0.15) is 13.2 Å². The second kappa shape index (κ2) is 8.26. The van der Waals surface area contributed by atoms with Gasteiger partial charge in [0.15, 0.2) is 17.5 Å². The minimum atomic E-state index is 0.542. The van der Waals surface area contributed by atoms with Crippen molar-refractivity contribution in [2.45, 2.75) is 13.0 Å². The first-order valence-corrected chi connectivity index (χ1v) is 9.07. The molecule has 2 N–H and O–H groups in total. The number of rotatable bonds is 5. The van der Waals surface area contributed by atoms with E-state index in [1.165, 1.54) is 4.88 Å². The number of halogens is 1. The number of nitrogens with zero attached hydrogens (tertiary/aromatic N) is 1. The van der Waals surface area contributed by atoms with Gasteiger partial charge in [0.05, 0.1) is 11.6 Å². The maximum Gasteiger partial charge on any atom is 0.191 e. The lowest BCUT2D eigenvalue weighted by Gasteiger charge is -2.20. The van der Waals surface area contributed by atoms with Crippen LogP contribution in [0.25, 0.3) is 0 Å². The molecular weight excluding hydrogens is 346 g/mol. The van der Waals surface area contributed by atoms with Crippen LogP contribution >= 0.6 is 22.9 Å². The molecule has 1 aliphatic rings. The van der Waals surface area contributed by atoms with Crippen LogP contribution in [0.15, 0.2) is 34.6 Å². The molecule has 0 saturated heterocycles. The van der Waals surface area contributed by atoms with Crippen molar-refractivity contribution in [3.63, 3.8) is 0 Å². The standard InChI is InChI=1S/C17H20ClN3O2S/c1-19-17(21-11-13-3-2-8-24-13)20-5-4-12-9-14(18)16-15(10-12)22-6-7-23-16/h2-3,8-10H,4-7,11H2,1H3,(H2,19,20,21). The average Bonchev–Trinajstić information content (AvgIpc) is 3.11. The molecule has 1 aromatic heterocycles. The Hall–Kier alpha value is -1.92. The van der Waals surface area contributed by atoms with Crippen LogP contribution in [-0.2, 0) is 13.0 Å². The third-order valence-corrected chi connectivity index (χ3v) is 4.75. The Balaban J connectivity index is 1.51. The van der Waals surface area contributed by atoms with Gasteiger partial charge in [0.25, 0.3) is 0 Å². The summed E-state index contributed by atoms with van der Waals surface area (Å²) in [7, 11) is 1.77. The molecule has 128 valence electrons. The monoisotopic (exact) mass is 365 g/mol. The van der Waals surface area contributed by atoms with Gasteiger partial charge in [-0.3, -0.25) is 4.99 Å². The minimum absolute atomic E-state index is 0.542. The Morgan fingerprint density at radius 1 is 1.29 bits per heavy atom. The molecular formula is C17H20ClN3O2S. The van der Waals surface area contributed by atoms with E-state index in [4.69, 9.17) is 21.1 Å². The van der Waals surface area contributed by atoms with Crippen LogP contribution in [-0.4, -0.2) is 32.8 Å². The number of thiophene rings is 1. The number of guanidine groups is 1. The van der Waals surface area contributed by atoms with Crippen LogP contribution in [0.1, 0.15) is 10.4 Å². The highest BCUT2D eigenvalue weighted by Crippen LogP contribution is 2.38. The summed E-state index contributed by atoms with van der Waals surface area (Å²) in [6.45, 7) is 2.62. The third kappa shape index (κ3) is 4.33. The summed E-state index contributed by atoms with van der Waals surface area (Å²) in [5.74, 6) is 2.16. The van der Waals surface area contributed by atoms with E-state index in [0.29, 0.717) is 24.0 Å². The van der Waals surface area contributed by atoms with Crippen LogP contribution in [0, 0.1) is 0 Å². The molecule has 1 aliphatic heterocycles. The lowest BCUT2D eigenvalue weighted by atomic mass is 10.1. The smallest absolute Gasteiger partial charge is 0.191 e. The highest BCUT2D eigenvalue weighted by molar-refractivity contribution is 7.09. The molecule has 0 radical (unpaired) electrons. The lowest BCUT2D eigenvalue weighted by molar-refractivity contribution is 0.171. The molecule has 0 bridgehead atoms. The van der Waals surface area contributed by atoms with Crippen LogP contribution in [0.3, 0.4) is 0 Å². The van der Waals surface area contributed by atoms with Crippen molar-refractivity contribution < 1.29 is 9.47 Å². The third-order valence-electron chi connectivity index (χ3n) is 3.60. The lowest BCUT2D eigenvalue weighted by Crippen LogP contribution is -2.37. The molecule has 24 heavy (non-hydrogen) atoms. The number of hydrogen-bond donors (Lipinski definition) is 2. The Labute approximate surface area is 150 Å². The van der Waals surface area contributed by atoms with Crippen LogP contribution in [0.4, 0.5) is 0 Å². The fraction of sp³-hybridized carbons (Fsp3) is 0.353. The molecule has 0 spiro atoms. The van der Waals surface area contributed by atoms with Crippen molar-refractivity contribution in [1.82, 2.24) is 10.6 Å². The van der Waals surface area contributed by atoms with Gasteiger partial charge in [-0.2, -0.15) is 0 Å². The van der Waals surface area contributed by atoms with Gasteiger partial charge in [0.2, 0.25) is 0 Å². The Morgan fingerprint density at radius 3 is 2.96 bits per heavy atom. The van der Waals surface area contributed by atoms with Crippen molar-refractivity contribution in [1.29, 1.82) is 0 Å². The maximum atomic E-state index is 6.26. The summed E-state index contributed by atoms with van der Waals surface area (Å²) in [6, 6.07) is 8.06. The number of aliphatic imine (C=N–C) groups is 1. The predicted molar refractivity (Wildman–Crippen MR) is 98.7 cm³/mol. The van der Waals surface area contributed by atoms with E-state index in [1.807, 2.05) is 18.2 Å². The Kier molecular flexibility index (Phi) is 5.82.